The Morgan fingerprint density at radius 2 is 2.29 bits per heavy atom. The highest BCUT2D eigenvalue weighted by Gasteiger charge is 2.22. The molecule has 3 heteroatoms. The number of nitrogens with two attached hydrogens (primary N) is 1. The minimum Gasteiger partial charge on any atom is -0.367 e. The Labute approximate surface area is 103 Å². The third kappa shape index (κ3) is 2.42. The molecule has 0 aliphatic carbocycles. The van der Waals surface area contributed by atoms with Crippen LogP contribution in [0.3, 0.4) is 0 Å². The van der Waals surface area contributed by atoms with Crippen molar-refractivity contribution in [1.29, 1.82) is 5.26 Å². The van der Waals surface area contributed by atoms with Crippen LogP contribution in [-0.2, 0) is 0 Å². The summed E-state index contributed by atoms with van der Waals surface area (Å²) in [7, 11) is 0. The lowest BCUT2D eigenvalue weighted by molar-refractivity contribution is 0.465. The van der Waals surface area contributed by atoms with E-state index in [1.807, 2.05) is 12.1 Å². The molecule has 0 radical (unpaired) electrons. The second-order valence-electron chi connectivity index (χ2n) is 4.69. The first-order valence-electron chi connectivity index (χ1n) is 6.23. The lowest BCUT2D eigenvalue weighted by Gasteiger charge is -2.37. The number of nitrogens with zero attached hydrogens (tertiary/aromatic N) is 2. The largest absolute Gasteiger partial charge is 0.367 e. The summed E-state index contributed by atoms with van der Waals surface area (Å²) in [6.45, 7) is 3.85. The molecule has 2 N–H and O–H groups in total. The summed E-state index contributed by atoms with van der Waals surface area (Å²) in [5.74, 6) is 0. The van der Waals surface area contributed by atoms with Gasteiger partial charge in [0.15, 0.2) is 0 Å². The second kappa shape index (κ2) is 5.20. The van der Waals surface area contributed by atoms with Crippen LogP contribution in [0.2, 0.25) is 0 Å². The Kier molecular flexibility index (Phi) is 3.65. The van der Waals surface area contributed by atoms with Crippen LogP contribution in [0.15, 0.2) is 18.2 Å². The molecular weight excluding hydrogens is 210 g/mol. The van der Waals surface area contributed by atoms with Crippen LogP contribution in [0.5, 0.6) is 0 Å². The van der Waals surface area contributed by atoms with E-state index in [-0.39, 0.29) is 0 Å². The molecule has 2 rings (SSSR count). The van der Waals surface area contributed by atoms with Crippen molar-refractivity contribution in [1.82, 2.24) is 0 Å². The predicted octanol–water partition coefficient (Wildman–Crippen LogP) is 2.18. The van der Waals surface area contributed by atoms with Crippen molar-refractivity contribution in [3.8, 4) is 6.07 Å². The van der Waals surface area contributed by atoms with Crippen LogP contribution in [0, 0.1) is 18.3 Å². The van der Waals surface area contributed by atoms with E-state index in [4.69, 9.17) is 11.0 Å². The first kappa shape index (κ1) is 11.9. The minimum absolute atomic E-state index is 0.454. The fourth-order valence-electron chi connectivity index (χ4n) is 2.61. The number of aryl methyl sites for hydroxylation is 1. The summed E-state index contributed by atoms with van der Waals surface area (Å²) in [4.78, 5) is 2.40. The molecule has 1 unspecified atom stereocenters. The van der Waals surface area contributed by atoms with Crippen LogP contribution in [0.4, 0.5) is 5.69 Å². The van der Waals surface area contributed by atoms with E-state index in [9.17, 15) is 0 Å². The van der Waals surface area contributed by atoms with E-state index in [2.05, 4.69) is 24.0 Å². The van der Waals surface area contributed by atoms with Gasteiger partial charge in [0.25, 0.3) is 0 Å². The predicted molar refractivity (Wildman–Crippen MR) is 69.9 cm³/mol. The van der Waals surface area contributed by atoms with Crippen LogP contribution in [0.25, 0.3) is 0 Å². The molecule has 1 aliphatic rings. The fourth-order valence-corrected chi connectivity index (χ4v) is 2.61. The number of hydrogen-bond acceptors (Lipinski definition) is 3. The van der Waals surface area contributed by atoms with Crippen LogP contribution in [-0.4, -0.2) is 19.1 Å². The molecular formula is C14H19N3. The minimum atomic E-state index is 0.454. The Balaban J connectivity index is 2.29. The SMILES string of the molecule is Cc1cc(C#N)ccc1N1CCCCC1CN. The van der Waals surface area contributed by atoms with Gasteiger partial charge in [-0.15, -0.1) is 0 Å². The molecule has 0 spiro atoms. The van der Waals surface area contributed by atoms with Crippen LogP contribution < -0.4 is 10.6 Å². The lowest BCUT2D eigenvalue weighted by atomic mass is 9.99. The quantitative estimate of drug-likeness (QED) is 0.845. The van der Waals surface area contributed by atoms with Gasteiger partial charge in [-0.1, -0.05) is 0 Å². The normalized spacial score (nSPS) is 20.1. The molecule has 90 valence electrons. The van der Waals surface area contributed by atoms with E-state index < -0.39 is 0 Å². The van der Waals surface area contributed by atoms with Crippen molar-refractivity contribution in [2.45, 2.75) is 32.2 Å². The molecule has 1 fully saturated rings. The first-order chi connectivity index (χ1) is 8.26. The highest BCUT2D eigenvalue weighted by atomic mass is 15.2. The number of anilines is 1. The third-order valence-corrected chi connectivity index (χ3v) is 3.53. The van der Waals surface area contributed by atoms with Gasteiger partial charge < -0.3 is 10.6 Å². The fraction of sp³-hybridized carbons (Fsp3) is 0.500. The van der Waals surface area contributed by atoms with Gasteiger partial charge in [-0.05, 0) is 49.9 Å². The number of piperidine rings is 1. The third-order valence-electron chi connectivity index (χ3n) is 3.53. The molecule has 0 saturated carbocycles. The molecule has 1 aromatic rings. The van der Waals surface area contributed by atoms with Gasteiger partial charge in [-0.25, -0.2) is 0 Å². The van der Waals surface area contributed by atoms with Gasteiger partial charge in [-0.3, -0.25) is 0 Å². The maximum absolute atomic E-state index is 8.88. The van der Waals surface area contributed by atoms with Crippen molar-refractivity contribution in [3.63, 3.8) is 0 Å². The van der Waals surface area contributed by atoms with Gasteiger partial charge in [0, 0.05) is 24.8 Å². The van der Waals surface area contributed by atoms with E-state index in [1.165, 1.54) is 30.5 Å². The smallest absolute Gasteiger partial charge is 0.0991 e. The molecule has 1 aliphatic heterocycles. The van der Waals surface area contributed by atoms with Crippen molar-refractivity contribution in [2.24, 2.45) is 5.73 Å². The zero-order valence-corrected chi connectivity index (χ0v) is 10.3. The van der Waals surface area contributed by atoms with Crippen molar-refractivity contribution in [3.05, 3.63) is 29.3 Å². The summed E-state index contributed by atoms with van der Waals surface area (Å²) < 4.78 is 0. The molecule has 0 amide bonds. The van der Waals surface area contributed by atoms with E-state index in [1.54, 1.807) is 0 Å². The second-order valence-corrected chi connectivity index (χ2v) is 4.69. The topological polar surface area (TPSA) is 53.0 Å². The van der Waals surface area contributed by atoms with Crippen LogP contribution in [0.1, 0.15) is 30.4 Å². The summed E-state index contributed by atoms with van der Waals surface area (Å²) in [6, 6.07) is 8.54. The number of benzene rings is 1. The lowest BCUT2D eigenvalue weighted by Crippen LogP contribution is -2.44. The average molecular weight is 229 g/mol. The van der Waals surface area contributed by atoms with Crippen molar-refractivity contribution < 1.29 is 0 Å². The molecule has 17 heavy (non-hydrogen) atoms. The van der Waals surface area contributed by atoms with Crippen LogP contribution >= 0.6 is 0 Å². The standard InChI is InChI=1S/C14H19N3/c1-11-8-12(9-15)5-6-14(11)17-7-3-2-4-13(17)10-16/h5-6,8,13H,2-4,7,10,16H2,1H3. The number of hydrogen-bond donors (Lipinski definition) is 1. The Morgan fingerprint density at radius 1 is 1.47 bits per heavy atom. The highest BCUT2D eigenvalue weighted by molar-refractivity contribution is 5.57. The van der Waals surface area contributed by atoms with Crippen molar-refractivity contribution in [2.75, 3.05) is 18.0 Å². The molecule has 1 atom stereocenters. The molecule has 1 heterocycles. The van der Waals surface area contributed by atoms with Gasteiger partial charge in [0.1, 0.15) is 0 Å². The Bertz CT molecular complexity index is 434. The van der Waals surface area contributed by atoms with E-state index in [0.717, 1.165) is 12.1 Å². The maximum Gasteiger partial charge on any atom is 0.0991 e. The zero-order chi connectivity index (χ0) is 12.3. The molecule has 3 nitrogen and oxygen atoms in total. The summed E-state index contributed by atoms with van der Waals surface area (Å²) in [5.41, 5.74) is 8.98. The molecule has 0 aromatic heterocycles. The number of nitriles is 1. The Morgan fingerprint density at radius 3 is 2.94 bits per heavy atom. The summed E-state index contributed by atoms with van der Waals surface area (Å²) in [6.07, 6.45) is 3.68. The van der Waals surface area contributed by atoms with Gasteiger partial charge in [-0.2, -0.15) is 5.26 Å². The molecule has 0 bridgehead atoms. The average Bonchev–Trinajstić information content (AvgIpc) is 2.38. The van der Waals surface area contributed by atoms with E-state index >= 15 is 0 Å². The molecule has 1 aromatic carbocycles. The van der Waals surface area contributed by atoms with Gasteiger partial charge in [0.2, 0.25) is 0 Å². The van der Waals surface area contributed by atoms with Gasteiger partial charge in [0.05, 0.1) is 11.6 Å². The van der Waals surface area contributed by atoms with E-state index in [0.29, 0.717) is 12.6 Å². The summed E-state index contributed by atoms with van der Waals surface area (Å²) in [5, 5.41) is 8.88. The first-order valence-corrected chi connectivity index (χ1v) is 6.23. The highest BCUT2D eigenvalue weighted by Crippen LogP contribution is 2.27. The number of rotatable bonds is 2. The summed E-state index contributed by atoms with van der Waals surface area (Å²) >= 11 is 0. The maximum atomic E-state index is 8.88. The van der Waals surface area contributed by atoms with Gasteiger partial charge >= 0.3 is 0 Å². The zero-order valence-electron chi connectivity index (χ0n) is 10.3. The van der Waals surface area contributed by atoms with Crippen molar-refractivity contribution >= 4 is 5.69 Å². The molecule has 1 saturated heterocycles. The Hall–Kier alpha value is -1.53. The monoisotopic (exact) mass is 229 g/mol.